The normalized spacial score (nSPS) is 10.5. The van der Waals surface area contributed by atoms with Gasteiger partial charge in [-0.3, -0.25) is 4.79 Å². The Morgan fingerprint density at radius 2 is 2.06 bits per heavy atom. The van der Waals surface area contributed by atoms with Crippen molar-refractivity contribution in [3.05, 3.63) is 52.4 Å². The molecule has 1 heterocycles. The Bertz CT molecular complexity index is 561. The molecule has 88 valence electrons. The Morgan fingerprint density at radius 1 is 1.24 bits per heavy atom. The second-order valence-electron chi connectivity index (χ2n) is 4.11. The van der Waals surface area contributed by atoms with Crippen LogP contribution in [0, 0.1) is 0 Å². The molecule has 0 amide bonds. The predicted octanol–water partition coefficient (Wildman–Crippen LogP) is 2.69. The maximum Gasteiger partial charge on any atom is 0.267 e. The van der Waals surface area contributed by atoms with Gasteiger partial charge < -0.3 is 4.74 Å². The molecular weight excluding hydrogens is 216 g/mol. The van der Waals surface area contributed by atoms with Gasteiger partial charge in [0.25, 0.3) is 5.56 Å². The van der Waals surface area contributed by atoms with E-state index in [-0.39, 0.29) is 5.56 Å². The van der Waals surface area contributed by atoms with Gasteiger partial charge >= 0.3 is 0 Å². The van der Waals surface area contributed by atoms with Gasteiger partial charge in [0.15, 0.2) is 5.75 Å². The molecule has 0 atom stereocenters. The number of rotatable bonds is 3. The molecule has 0 fully saturated rings. The van der Waals surface area contributed by atoms with E-state index in [1.807, 2.05) is 24.3 Å². The predicted molar refractivity (Wildman–Crippen MR) is 65.5 cm³/mol. The van der Waals surface area contributed by atoms with Crippen LogP contribution in [0.15, 0.2) is 41.3 Å². The number of aromatic nitrogens is 2. The maximum absolute atomic E-state index is 11.1. The molecule has 1 N–H and O–H groups in total. The van der Waals surface area contributed by atoms with Gasteiger partial charge in [0.05, 0.1) is 6.20 Å². The van der Waals surface area contributed by atoms with Crippen LogP contribution in [0.2, 0.25) is 0 Å². The standard InChI is InChI=1S/C13H14N2O2/c1-9(2)10-4-3-5-11(6-10)17-12-7-13(16)15-14-8-12/h3-9H,1-2H3,(H,15,16). The van der Waals surface area contributed by atoms with Crippen LogP contribution in [-0.4, -0.2) is 10.2 Å². The number of benzene rings is 1. The monoisotopic (exact) mass is 230 g/mol. The van der Waals surface area contributed by atoms with Crippen LogP contribution < -0.4 is 10.3 Å². The first-order valence-electron chi connectivity index (χ1n) is 5.47. The number of aromatic amines is 1. The second kappa shape index (κ2) is 4.82. The zero-order valence-electron chi connectivity index (χ0n) is 9.81. The largest absolute Gasteiger partial charge is 0.455 e. The summed E-state index contributed by atoms with van der Waals surface area (Å²) in [5.74, 6) is 1.59. The van der Waals surface area contributed by atoms with Crippen LogP contribution in [0.5, 0.6) is 11.5 Å². The van der Waals surface area contributed by atoms with Crippen LogP contribution in [-0.2, 0) is 0 Å². The third kappa shape index (κ3) is 2.93. The molecule has 0 aliphatic carbocycles. The van der Waals surface area contributed by atoms with Gasteiger partial charge in [-0.25, -0.2) is 5.10 Å². The Balaban J connectivity index is 2.24. The first-order valence-corrected chi connectivity index (χ1v) is 5.47. The van der Waals surface area contributed by atoms with E-state index in [0.29, 0.717) is 17.4 Å². The molecule has 4 nitrogen and oxygen atoms in total. The van der Waals surface area contributed by atoms with Crippen LogP contribution in [0.3, 0.4) is 0 Å². The molecule has 0 aliphatic rings. The summed E-state index contributed by atoms with van der Waals surface area (Å²) < 4.78 is 5.57. The van der Waals surface area contributed by atoms with Crippen molar-refractivity contribution in [2.75, 3.05) is 0 Å². The summed E-state index contributed by atoms with van der Waals surface area (Å²) in [6.07, 6.45) is 1.48. The van der Waals surface area contributed by atoms with Crippen molar-refractivity contribution >= 4 is 0 Å². The third-order valence-electron chi connectivity index (χ3n) is 2.40. The number of hydrogen-bond acceptors (Lipinski definition) is 3. The summed E-state index contributed by atoms with van der Waals surface area (Å²) in [5, 5.41) is 5.98. The van der Waals surface area contributed by atoms with E-state index in [1.165, 1.54) is 17.8 Å². The van der Waals surface area contributed by atoms with Crippen molar-refractivity contribution in [2.45, 2.75) is 19.8 Å². The lowest BCUT2D eigenvalue weighted by atomic mass is 10.0. The van der Waals surface area contributed by atoms with Gasteiger partial charge in [0.2, 0.25) is 0 Å². The minimum atomic E-state index is -0.275. The van der Waals surface area contributed by atoms with E-state index >= 15 is 0 Å². The van der Waals surface area contributed by atoms with Gasteiger partial charge in [-0.1, -0.05) is 26.0 Å². The number of hydrogen-bond donors (Lipinski definition) is 1. The highest BCUT2D eigenvalue weighted by molar-refractivity contribution is 5.33. The minimum absolute atomic E-state index is 0.275. The molecule has 2 aromatic rings. The number of H-pyrrole nitrogens is 1. The van der Waals surface area contributed by atoms with Crippen LogP contribution >= 0.6 is 0 Å². The van der Waals surface area contributed by atoms with E-state index in [9.17, 15) is 4.79 Å². The lowest BCUT2D eigenvalue weighted by Gasteiger charge is -2.08. The smallest absolute Gasteiger partial charge is 0.267 e. The highest BCUT2D eigenvalue weighted by Gasteiger charge is 2.02. The summed E-state index contributed by atoms with van der Waals surface area (Å²) in [6.45, 7) is 4.24. The van der Waals surface area contributed by atoms with Crippen molar-refractivity contribution in [3.8, 4) is 11.5 Å². The van der Waals surface area contributed by atoms with Gasteiger partial charge in [-0.05, 0) is 23.6 Å². The summed E-state index contributed by atoms with van der Waals surface area (Å²) in [7, 11) is 0. The molecule has 0 bridgehead atoms. The van der Waals surface area contributed by atoms with E-state index in [4.69, 9.17) is 4.74 Å². The van der Waals surface area contributed by atoms with E-state index < -0.39 is 0 Å². The van der Waals surface area contributed by atoms with E-state index in [1.54, 1.807) is 0 Å². The second-order valence-corrected chi connectivity index (χ2v) is 4.11. The highest BCUT2D eigenvalue weighted by atomic mass is 16.5. The summed E-state index contributed by atoms with van der Waals surface area (Å²) >= 11 is 0. The fourth-order valence-corrected chi connectivity index (χ4v) is 1.49. The fourth-order valence-electron chi connectivity index (χ4n) is 1.49. The third-order valence-corrected chi connectivity index (χ3v) is 2.40. The average molecular weight is 230 g/mol. The zero-order chi connectivity index (χ0) is 12.3. The quantitative estimate of drug-likeness (QED) is 0.881. The molecule has 17 heavy (non-hydrogen) atoms. The molecular formula is C13H14N2O2. The zero-order valence-corrected chi connectivity index (χ0v) is 9.81. The van der Waals surface area contributed by atoms with Crippen molar-refractivity contribution in [1.29, 1.82) is 0 Å². The molecule has 2 rings (SSSR count). The Morgan fingerprint density at radius 3 is 2.76 bits per heavy atom. The Kier molecular flexibility index (Phi) is 3.23. The first-order chi connectivity index (χ1) is 8.15. The lowest BCUT2D eigenvalue weighted by molar-refractivity contribution is 0.476. The van der Waals surface area contributed by atoms with Crippen molar-refractivity contribution in [1.82, 2.24) is 10.2 Å². The molecule has 0 saturated carbocycles. The Hall–Kier alpha value is -2.10. The Labute approximate surface area is 99.3 Å². The summed E-state index contributed by atoms with van der Waals surface area (Å²) in [5.41, 5.74) is 0.919. The molecule has 0 unspecified atom stereocenters. The van der Waals surface area contributed by atoms with Crippen LogP contribution in [0.25, 0.3) is 0 Å². The number of nitrogens with zero attached hydrogens (tertiary/aromatic N) is 1. The molecule has 0 spiro atoms. The average Bonchev–Trinajstić information content (AvgIpc) is 2.29. The molecule has 0 saturated heterocycles. The van der Waals surface area contributed by atoms with E-state index in [0.717, 1.165) is 0 Å². The van der Waals surface area contributed by atoms with Crippen molar-refractivity contribution in [2.24, 2.45) is 0 Å². The van der Waals surface area contributed by atoms with Crippen LogP contribution in [0.4, 0.5) is 0 Å². The number of ether oxygens (including phenoxy) is 1. The number of nitrogens with one attached hydrogen (secondary N) is 1. The maximum atomic E-state index is 11.1. The SMILES string of the molecule is CC(C)c1cccc(Oc2cn[nH]c(=O)c2)c1. The molecule has 0 radical (unpaired) electrons. The molecule has 4 heteroatoms. The summed E-state index contributed by atoms with van der Waals surface area (Å²) in [4.78, 5) is 11.1. The molecule has 1 aromatic heterocycles. The van der Waals surface area contributed by atoms with Gasteiger partial charge in [0, 0.05) is 6.07 Å². The fraction of sp³-hybridized carbons (Fsp3) is 0.231. The van der Waals surface area contributed by atoms with Crippen molar-refractivity contribution < 1.29 is 4.74 Å². The van der Waals surface area contributed by atoms with E-state index in [2.05, 4.69) is 24.0 Å². The first kappa shape index (κ1) is 11.4. The van der Waals surface area contributed by atoms with Gasteiger partial charge in [0.1, 0.15) is 5.75 Å². The molecule has 0 aliphatic heterocycles. The van der Waals surface area contributed by atoms with Gasteiger partial charge in [-0.2, -0.15) is 5.10 Å². The topological polar surface area (TPSA) is 55.0 Å². The van der Waals surface area contributed by atoms with Crippen LogP contribution in [0.1, 0.15) is 25.3 Å². The minimum Gasteiger partial charge on any atom is -0.455 e. The lowest BCUT2D eigenvalue weighted by Crippen LogP contribution is -2.05. The van der Waals surface area contributed by atoms with Gasteiger partial charge in [-0.15, -0.1) is 0 Å². The summed E-state index contributed by atoms with van der Waals surface area (Å²) in [6, 6.07) is 9.17. The highest BCUT2D eigenvalue weighted by Crippen LogP contribution is 2.23. The van der Waals surface area contributed by atoms with Crippen molar-refractivity contribution in [3.63, 3.8) is 0 Å². The molecule has 1 aromatic carbocycles.